The van der Waals surface area contributed by atoms with Gasteiger partial charge in [-0.25, -0.2) is 8.78 Å². The summed E-state index contributed by atoms with van der Waals surface area (Å²) in [6, 6.07) is 3.84. The third-order valence-corrected chi connectivity index (χ3v) is 2.20. The summed E-state index contributed by atoms with van der Waals surface area (Å²) in [5, 5.41) is 7.07. The highest BCUT2D eigenvalue weighted by Gasteiger charge is 2.05. The molecule has 3 nitrogen and oxygen atoms in total. The van der Waals surface area contributed by atoms with Crippen molar-refractivity contribution in [1.29, 1.82) is 5.41 Å². The number of benzene rings is 1. The molecule has 16 heavy (non-hydrogen) atoms. The number of nitrogens with two attached hydrogens (primary N) is 1. The molecule has 1 aromatic carbocycles. The van der Waals surface area contributed by atoms with Gasteiger partial charge in [0.15, 0.2) is 11.6 Å². The second kappa shape index (κ2) is 5.55. The summed E-state index contributed by atoms with van der Waals surface area (Å²) >= 11 is 0. The smallest absolute Gasteiger partial charge is 0.159 e. The highest BCUT2D eigenvalue weighted by molar-refractivity contribution is 5.76. The highest BCUT2D eigenvalue weighted by atomic mass is 19.2. The molecule has 0 aliphatic carbocycles. The lowest BCUT2D eigenvalue weighted by Crippen LogP contribution is -2.23. The van der Waals surface area contributed by atoms with Crippen molar-refractivity contribution < 1.29 is 8.78 Å². The molecule has 0 saturated carbocycles. The van der Waals surface area contributed by atoms with Crippen molar-refractivity contribution in [3.8, 4) is 0 Å². The molecular formula is C11H15F2N3. The van der Waals surface area contributed by atoms with Gasteiger partial charge in [-0.05, 0) is 24.7 Å². The Hall–Kier alpha value is -1.49. The van der Waals surface area contributed by atoms with Crippen LogP contribution in [0.1, 0.15) is 12.0 Å². The van der Waals surface area contributed by atoms with Gasteiger partial charge < -0.3 is 10.6 Å². The molecule has 0 aromatic heterocycles. The maximum atomic E-state index is 12.9. The van der Waals surface area contributed by atoms with E-state index in [9.17, 15) is 8.78 Å². The molecule has 0 radical (unpaired) electrons. The minimum atomic E-state index is -0.838. The third-order valence-electron chi connectivity index (χ3n) is 2.20. The van der Waals surface area contributed by atoms with Crippen LogP contribution in [0.2, 0.25) is 0 Å². The Morgan fingerprint density at radius 1 is 1.38 bits per heavy atom. The standard InChI is InChI=1S/C11H15F2N3/c1-16(5-4-11(14)15)7-8-2-3-9(12)10(13)6-8/h2-3,6H,4-5,7H2,1H3,(H3,14,15). The normalized spacial score (nSPS) is 10.8. The van der Waals surface area contributed by atoms with E-state index in [1.807, 2.05) is 11.9 Å². The van der Waals surface area contributed by atoms with Gasteiger partial charge in [0.2, 0.25) is 0 Å². The van der Waals surface area contributed by atoms with Gasteiger partial charge in [-0.1, -0.05) is 6.07 Å². The van der Waals surface area contributed by atoms with E-state index in [4.69, 9.17) is 11.1 Å². The molecule has 1 aromatic rings. The Balaban J connectivity index is 2.52. The van der Waals surface area contributed by atoms with Crippen LogP contribution < -0.4 is 5.73 Å². The number of nitrogens with zero attached hydrogens (tertiary/aromatic N) is 1. The minimum Gasteiger partial charge on any atom is -0.388 e. The molecule has 0 aliphatic rings. The number of nitrogens with one attached hydrogen (secondary N) is 1. The maximum absolute atomic E-state index is 12.9. The quantitative estimate of drug-likeness (QED) is 0.594. The number of hydrogen-bond acceptors (Lipinski definition) is 2. The SMILES string of the molecule is CN(CCC(=N)N)Cc1ccc(F)c(F)c1. The maximum Gasteiger partial charge on any atom is 0.159 e. The zero-order chi connectivity index (χ0) is 12.1. The summed E-state index contributed by atoms with van der Waals surface area (Å²) in [5.74, 6) is -1.55. The summed E-state index contributed by atoms with van der Waals surface area (Å²) < 4.78 is 25.6. The Kier molecular flexibility index (Phi) is 4.37. The van der Waals surface area contributed by atoms with Gasteiger partial charge >= 0.3 is 0 Å². The first-order valence-corrected chi connectivity index (χ1v) is 4.94. The molecule has 88 valence electrons. The van der Waals surface area contributed by atoms with Crippen LogP contribution in [0.4, 0.5) is 8.78 Å². The number of hydrogen-bond donors (Lipinski definition) is 2. The molecule has 0 atom stereocenters. The van der Waals surface area contributed by atoms with Crippen LogP contribution in [0.3, 0.4) is 0 Å². The zero-order valence-corrected chi connectivity index (χ0v) is 9.13. The highest BCUT2D eigenvalue weighted by Crippen LogP contribution is 2.10. The predicted octanol–water partition coefficient (Wildman–Crippen LogP) is 1.72. The lowest BCUT2D eigenvalue weighted by molar-refractivity contribution is 0.335. The average molecular weight is 227 g/mol. The van der Waals surface area contributed by atoms with Crippen LogP contribution >= 0.6 is 0 Å². The van der Waals surface area contributed by atoms with E-state index < -0.39 is 11.6 Å². The molecule has 0 heterocycles. The lowest BCUT2D eigenvalue weighted by Gasteiger charge is -2.16. The van der Waals surface area contributed by atoms with E-state index in [1.165, 1.54) is 6.07 Å². The number of rotatable bonds is 5. The topological polar surface area (TPSA) is 53.1 Å². The van der Waals surface area contributed by atoms with E-state index in [0.29, 0.717) is 25.1 Å². The molecular weight excluding hydrogens is 212 g/mol. The average Bonchev–Trinajstić information content (AvgIpc) is 2.21. The molecule has 3 N–H and O–H groups in total. The van der Waals surface area contributed by atoms with E-state index in [2.05, 4.69) is 0 Å². The van der Waals surface area contributed by atoms with Gasteiger partial charge in [-0.3, -0.25) is 5.41 Å². The summed E-state index contributed by atoms with van der Waals surface area (Å²) in [6.07, 6.45) is 0.472. The molecule has 0 spiro atoms. The first-order valence-electron chi connectivity index (χ1n) is 4.94. The van der Waals surface area contributed by atoms with Crippen LogP contribution in [0, 0.1) is 17.0 Å². The van der Waals surface area contributed by atoms with Crippen molar-refractivity contribution >= 4 is 5.84 Å². The van der Waals surface area contributed by atoms with Gasteiger partial charge in [-0.15, -0.1) is 0 Å². The van der Waals surface area contributed by atoms with E-state index in [1.54, 1.807) is 6.07 Å². The molecule has 0 unspecified atom stereocenters. The van der Waals surface area contributed by atoms with Crippen molar-refractivity contribution in [3.63, 3.8) is 0 Å². The second-order valence-corrected chi connectivity index (χ2v) is 3.76. The van der Waals surface area contributed by atoms with Gasteiger partial charge in [0, 0.05) is 19.5 Å². The zero-order valence-electron chi connectivity index (χ0n) is 9.13. The summed E-state index contributed by atoms with van der Waals surface area (Å²) in [7, 11) is 1.84. The van der Waals surface area contributed by atoms with Crippen molar-refractivity contribution in [3.05, 3.63) is 35.4 Å². The van der Waals surface area contributed by atoms with Gasteiger partial charge in [0.05, 0.1) is 5.84 Å². The molecule has 0 aliphatic heterocycles. The molecule has 0 saturated heterocycles. The summed E-state index contributed by atoms with van der Waals surface area (Å²) in [6.45, 7) is 1.12. The first kappa shape index (κ1) is 12.6. The summed E-state index contributed by atoms with van der Waals surface area (Å²) in [5.41, 5.74) is 5.92. The van der Waals surface area contributed by atoms with E-state index >= 15 is 0 Å². The third kappa shape index (κ3) is 3.94. The molecule has 0 fully saturated rings. The predicted molar refractivity (Wildman–Crippen MR) is 59.2 cm³/mol. The van der Waals surface area contributed by atoms with Crippen molar-refractivity contribution in [2.75, 3.05) is 13.6 Å². The van der Waals surface area contributed by atoms with Gasteiger partial charge in [0.25, 0.3) is 0 Å². The van der Waals surface area contributed by atoms with Crippen LogP contribution in [-0.2, 0) is 6.54 Å². The monoisotopic (exact) mass is 227 g/mol. The fourth-order valence-corrected chi connectivity index (χ4v) is 1.34. The van der Waals surface area contributed by atoms with Crippen molar-refractivity contribution in [2.45, 2.75) is 13.0 Å². The molecule has 0 amide bonds. The Morgan fingerprint density at radius 3 is 2.62 bits per heavy atom. The van der Waals surface area contributed by atoms with Crippen molar-refractivity contribution in [1.82, 2.24) is 4.90 Å². The number of halogens is 2. The molecule has 5 heteroatoms. The number of amidine groups is 1. The van der Waals surface area contributed by atoms with E-state index in [-0.39, 0.29) is 5.84 Å². The lowest BCUT2D eigenvalue weighted by atomic mass is 10.2. The van der Waals surface area contributed by atoms with E-state index in [0.717, 1.165) is 6.07 Å². The van der Waals surface area contributed by atoms with Crippen LogP contribution in [0.5, 0.6) is 0 Å². The Morgan fingerprint density at radius 2 is 2.06 bits per heavy atom. The van der Waals surface area contributed by atoms with Crippen molar-refractivity contribution in [2.24, 2.45) is 5.73 Å². The molecule has 0 bridgehead atoms. The van der Waals surface area contributed by atoms with Gasteiger partial charge in [0.1, 0.15) is 0 Å². The fraction of sp³-hybridized carbons (Fsp3) is 0.364. The minimum absolute atomic E-state index is 0.122. The Labute approximate surface area is 93.4 Å². The molecule has 1 rings (SSSR count). The summed E-state index contributed by atoms with van der Waals surface area (Å²) in [4.78, 5) is 1.90. The van der Waals surface area contributed by atoms with Gasteiger partial charge in [-0.2, -0.15) is 0 Å². The van der Waals surface area contributed by atoms with Crippen LogP contribution in [0.25, 0.3) is 0 Å². The first-order chi connectivity index (χ1) is 7.49. The Bertz CT molecular complexity index is 379. The second-order valence-electron chi connectivity index (χ2n) is 3.76. The largest absolute Gasteiger partial charge is 0.388 e. The fourth-order valence-electron chi connectivity index (χ4n) is 1.34. The van der Waals surface area contributed by atoms with Crippen LogP contribution in [0.15, 0.2) is 18.2 Å². The van der Waals surface area contributed by atoms with Crippen LogP contribution in [-0.4, -0.2) is 24.3 Å².